The molecule has 1 aromatic rings. The molecule has 1 aliphatic rings. The fraction of sp³-hybridized carbons (Fsp3) is 0.417. The zero-order chi connectivity index (χ0) is 10.7. The standard InChI is InChI=1S/C12H16N2O/c1-9(15)14-12-4-2-3-10(7-12)8-13-11-5-6-11/h2-4,7,11,13H,5-6,8H2,1H3,(H,14,15). The quantitative estimate of drug-likeness (QED) is 0.786. The Morgan fingerprint density at radius 3 is 2.93 bits per heavy atom. The number of benzene rings is 1. The van der Waals surface area contributed by atoms with Gasteiger partial charge in [-0.3, -0.25) is 4.79 Å². The van der Waals surface area contributed by atoms with Crippen LogP contribution < -0.4 is 10.6 Å². The molecule has 2 rings (SSSR count). The summed E-state index contributed by atoms with van der Waals surface area (Å²) in [4.78, 5) is 10.9. The van der Waals surface area contributed by atoms with Crippen molar-refractivity contribution in [2.75, 3.05) is 5.32 Å². The van der Waals surface area contributed by atoms with Gasteiger partial charge in [0.25, 0.3) is 0 Å². The highest BCUT2D eigenvalue weighted by molar-refractivity contribution is 5.88. The van der Waals surface area contributed by atoms with Gasteiger partial charge in [-0.05, 0) is 30.5 Å². The smallest absolute Gasteiger partial charge is 0.221 e. The molecule has 80 valence electrons. The maximum atomic E-state index is 10.9. The van der Waals surface area contributed by atoms with Crippen molar-refractivity contribution in [3.8, 4) is 0 Å². The molecule has 1 aromatic carbocycles. The Bertz CT molecular complexity index is 358. The number of hydrogen-bond donors (Lipinski definition) is 2. The van der Waals surface area contributed by atoms with Gasteiger partial charge in [-0.15, -0.1) is 0 Å². The molecule has 0 unspecified atom stereocenters. The second-order valence-corrected chi connectivity index (χ2v) is 4.04. The highest BCUT2D eigenvalue weighted by atomic mass is 16.1. The van der Waals surface area contributed by atoms with E-state index in [0.717, 1.165) is 18.3 Å². The minimum Gasteiger partial charge on any atom is -0.326 e. The molecule has 3 heteroatoms. The van der Waals surface area contributed by atoms with Gasteiger partial charge in [-0.2, -0.15) is 0 Å². The fourth-order valence-corrected chi connectivity index (χ4v) is 1.51. The summed E-state index contributed by atoms with van der Waals surface area (Å²) >= 11 is 0. The maximum absolute atomic E-state index is 10.9. The van der Waals surface area contributed by atoms with E-state index in [0.29, 0.717) is 0 Å². The minimum absolute atomic E-state index is 0.0256. The van der Waals surface area contributed by atoms with Crippen molar-refractivity contribution < 1.29 is 4.79 Å². The van der Waals surface area contributed by atoms with Crippen LogP contribution >= 0.6 is 0 Å². The van der Waals surface area contributed by atoms with Gasteiger partial charge in [0.05, 0.1) is 0 Å². The van der Waals surface area contributed by atoms with Gasteiger partial charge in [-0.1, -0.05) is 12.1 Å². The van der Waals surface area contributed by atoms with Crippen LogP contribution in [0.15, 0.2) is 24.3 Å². The Kier molecular flexibility index (Phi) is 3.02. The molecule has 0 aliphatic heterocycles. The predicted octanol–water partition coefficient (Wildman–Crippen LogP) is 1.90. The topological polar surface area (TPSA) is 41.1 Å². The molecule has 0 saturated heterocycles. The largest absolute Gasteiger partial charge is 0.326 e. The van der Waals surface area contributed by atoms with Crippen LogP contribution in [-0.2, 0) is 11.3 Å². The molecule has 0 heterocycles. The summed E-state index contributed by atoms with van der Waals surface area (Å²) in [6.07, 6.45) is 2.59. The van der Waals surface area contributed by atoms with Crippen LogP contribution in [0.4, 0.5) is 5.69 Å². The van der Waals surface area contributed by atoms with Crippen LogP contribution in [0.25, 0.3) is 0 Å². The number of anilines is 1. The van der Waals surface area contributed by atoms with E-state index in [2.05, 4.69) is 16.7 Å². The van der Waals surface area contributed by atoms with Gasteiger partial charge in [0.2, 0.25) is 5.91 Å². The summed E-state index contributed by atoms with van der Waals surface area (Å²) in [5.41, 5.74) is 2.09. The van der Waals surface area contributed by atoms with E-state index in [9.17, 15) is 4.79 Å². The lowest BCUT2D eigenvalue weighted by atomic mass is 10.2. The van der Waals surface area contributed by atoms with Crippen LogP contribution in [0.1, 0.15) is 25.3 Å². The Balaban J connectivity index is 1.94. The molecule has 15 heavy (non-hydrogen) atoms. The summed E-state index contributed by atoms with van der Waals surface area (Å²) in [7, 11) is 0. The molecule has 0 atom stereocenters. The lowest BCUT2D eigenvalue weighted by Crippen LogP contribution is -2.15. The van der Waals surface area contributed by atoms with Crippen molar-refractivity contribution in [2.45, 2.75) is 32.4 Å². The molecule has 0 radical (unpaired) electrons. The van der Waals surface area contributed by atoms with E-state index in [4.69, 9.17) is 0 Å². The SMILES string of the molecule is CC(=O)Nc1cccc(CNC2CC2)c1. The van der Waals surface area contributed by atoms with Crippen LogP contribution in [-0.4, -0.2) is 11.9 Å². The molecule has 1 saturated carbocycles. The first kappa shape index (κ1) is 10.2. The highest BCUT2D eigenvalue weighted by Crippen LogP contribution is 2.19. The molecule has 1 aliphatic carbocycles. The molecule has 3 nitrogen and oxygen atoms in total. The van der Waals surface area contributed by atoms with Crippen molar-refractivity contribution in [3.05, 3.63) is 29.8 Å². The van der Waals surface area contributed by atoms with E-state index >= 15 is 0 Å². The number of rotatable bonds is 4. The third-order valence-electron chi connectivity index (χ3n) is 2.42. The van der Waals surface area contributed by atoms with E-state index in [1.807, 2.05) is 18.2 Å². The Morgan fingerprint density at radius 1 is 1.47 bits per heavy atom. The van der Waals surface area contributed by atoms with Gasteiger partial charge < -0.3 is 10.6 Å². The van der Waals surface area contributed by atoms with Gasteiger partial charge in [0.15, 0.2) is 0 Å². The summed E-state index contributed by atoms with van der Waals surface area (Å²) in [6, 6.07) is 8.67. The highest BCUT2D eigenvalue weighted by Gasteiger charge is 2.19. The minimum atomic E-state index is -0.0256. The summed E-state index contributed by atoms with van der Waals surface area (Å²) in [5.74, 6) is -0.0256. The van der Waals surface area contributed by atoms with Gasteiger partial charge in [0.1, 0.15) is 0 Å². The van der Waals surface area contributed by atoms with Crippen molar-refractivity contribution in [1.82, 2.24) is 5.32 Å². The lowest BCUT2D eigenvalue weighted by molar-refractivity contribution is -0.114. The number of carbonyl (C=O) groups is 1. The second-order valence-electron chi connectivity index (χ2n) is 4.04. The Morgan fingerprint density at radius 2 is 2.27 bits per heavy atom. The van der Waals surface area contributed by atoms with Crippen LogP contribution in [0.2, 0.25) is 0 Å². The second kappa shape index (κ2) is 4.45. The van der Waals surface area contributed by atoms with E-state index in [1.54, 1.807) is 0 Å². The number of amides is 1. The van der Waals surface area contributed by atoms with Gasteiger partial charge in [-0.25, -0.2) is 0 Å². The first-order valence-electron chi connectivity index (χ1n) is 5.34. The predicted molar refractivity (Wildman–Crippen MR) is 60.6 cm³/mol. The molecule has 0 aromatic heterocycles. The van der Waals surface area contributed by atoms with E-state index < -0.39 is 0 Å². The Labute approximate surface area is 89.9 Å². The van der Waals surface area contributed by atoms with Crippen molar-refractivity contribution in [1.29, 1.82) is 0 Å². The fourth-order valence-electron chi connectivity index (χ4n) is 1.51. The van der Waals surface area contributed by atoms with Gasteiger partial charge >= 0.3 is 0 Å². The Hall–Kier alpha value is -1.35. The first-order chi connectivity index (χ1) is 7.24. The summed E-state index contributed by atoms with van der Waals surface area (Å²) < 4.78 is 0. The zero-order valence-electron chi connectivity index (χ0n) is 8.92. The maximum Gasteiger partial charge on any atom is 0.221 e. The third kappa shape index (κ3) is 3.36. The summed E-state index contributed by atoms with van der Waals surface area (Å²) in [5, 5.41) is 6.22. The summed E-state index contributed by atoms with van der Waals surface area (Å²) in [6.45, 7) is 2.41. The van der Waals surface area contributed by atoms with Crippen LogP contribution in [0.5, 0.6) is 0 Å². The average Bonchev–Trinajstić information content (AvgIpc) is 2.97. The number of nitrogens with one attached hydrogen (secondary N) is 2. The zero-order valence-corrected chi connectivity index (χ0v) is 8.92. The molecule has 0 bridgehead atoms. The molecule has 0 spiro atoms. The van der Waals surface area contributed by atoms with Crippen molar-refractivity contribution in [3.63, 3.8) is 0 Å². The normalized spacial score (nSPS) is 15.0. The monoisotopic (exact) mass is 204 g/mol. The van der Waals surface area contributed by atoms with Crippen molar-refractivity contribution >= 4 is 11.6 Å². The molecular formula is C12H16N2O. The van der Waals surface area contributed by atoms with Crippen LogP contribution in [0.3, 0.4) is 0 Å². The van der Waals surface area contributed by atoms with E-state index in [-0.39, 0.29) is 5.91 Å². The van der Waals surface area contributed by atoms with Crippen LogP contribution in [0, 0.1) is 0 Å². The lowest BCUT2D eigenvalue weighted by Gasteiger charge is -2.06. The average molecular weight is 204 g/mol. The molecule has 1 amide bonds. The van der Waals surface area contributed by atoms with Gasteiger partial charge in [0, 0.05) is 25.2 Å². The van der Waals surface area contributed by atoms with Crippen molar-refractivity contribution in [2.24, 2.45) is 0 Å². The number of carbonyl (C=O) groups excluding carboxylic acids is 1. The molecule has 2 N–H and O–H groups in total. The molecule has 1 fully saturated rings. The first-order valence-corrected chi connectivity index (χ1v) is 5.34. The third-order valence-corrected chi connectivity index (χ3v) is 2.42. The van der Waals surface area contributed by atoms with E-state index in [1.165, 1.54) is 25.3 Å². The molecular weight excluding hydrogens is 188 g/mol. The number of hydrogen-bond acceptors (Lipinski definition) is 2.